The summed E-state index contributed by atoms with van der Waals surface area (Å²) in [5, 5.41) is 0. The van der Waals surface area contributed by atoms with Gasteiger partial charge in [-0.05, 0) is 46.8 Å². The molecule has 6 aliphatic carbocycles. The number of ether oxygens (including phenoxy) is 1. The second-order valence-electron chi connectivity index (χ2n) is 7.04. The average molecular weight is 216 g/mol. The van der Waals surface area contributed by atoms with Crippen LogP contribution in [0.15, 0.2) is 0 Å². The Morgan fingerprint density at radius 2 is 1.38 bits per heavy atom. The fourth-order valence-electron chi connectivity index (χ4n) is 7.55. The van der Waals surface area contributed by atoms with Gasteiger partial charge in [-0.2, -0.15) is 0 Å². The zero-order valence-corrected chi connectivity index (χ0v) is 8.92. The van der Waals surface area contributed by atoms with Crippen molar-refractivity contribution in [2.45, 2.75) is 6.92 Å². The third-order valence-electron chi connectivity index (χ3n) is 7.49. The number of esters is 2. The molecule has 0 spiro atoms. The summed E-state index contributed by atoms with van der Waals surface area (Å²) in [6, 6.07) is 0. The molecule has 0 aromatic heterocycles. The summed E-state index contributed by atoms with van der Waals surface area (Å²) in [6.45, 7) is 2.41. The third-order valence-corrected chi connectivity index (χ3v) is 7.49. The second-order valence-corrected chi connectivity index (χ2v) is 7.04. The van der Waals surface area contributed by atoms with Crippen LogP contribution in [0.5, 0.6) is 0 Å². The fourth-order valence-corrected chi connectivity index (χ4v) is 7.55. The van der Waals surface area contributed by atoms with Gasteiger partial charge in [0.2, 0.25) is 0 Å². The van der Waals surface area contributed by atoms with E-state index in [1.807, 2.05) is 0 Å². The molecule has 7 rings (SSSR count). The van der Waals surface area contributed by atoms with Crippen LogP contribution in [0, 0.1) is 58.7 Å². The van der Waals surface area contributed by atoms with Crippen molar-refractivity contribution < 1.29 is 14.3 Å². The predicted octanol–water partition coefficient (Wildman–Crippen LogP) is 0.690. The van der Waals surface area contributed by atoms with Gasteiger partial charge in [-0.1, -0.05) is 6.92 Å². The summed E-state index contributed by atoms with van der Waals surface area (Å²) in [5.74, 6) is 4.68. The minimum Gasteiger partial charge on any atom is -0.393 e. The van der Waals surface area contributed by atoms with E-state index in [9.17, 15) is 9.59 Å². The van der Waals surface area contributed by atoms with Crippen molar-refractivity contribution >= 4 is 11.9 Å². The molecule has 0 aromatic rings. The molecule has 3 nitrogen and oxygen atoms in total. The zero-order chi connectivity index (χ0) is 10.6. The Morgan fingerprint density at radius 1 is 0.875 bits per heavy atom. The molecule has 0 N–H and O–H groups in total. The SMILES string of the molecule is CC12C3[C@H]4C5[C@@H]3[C@H]1C([C@H]42)[C@@H]1C(=O)OC(=O)[C@H]51. The van der Waals surface area contributed by atoms with Gasteiger partial charge < -0.3 is 4.74 Å². The molecule has 82 valence electrons. The highest BCUT2D eigenvalue weighted by molar-refractivity contribution is 5.98. The number of rotatable bonds is 0. The number of carbonyl (C=O) groups excluding carboxylic acids is 2. The molecule has 10 atom stereocenters. The van der Waals surface area contributed by atoms with E-state index in [1.165, 1.54) is 0 Å². The molecule has 1 aliphatic heterocycles. The molecule has 6 saturated carbocycles. The molecular formula is C13H12O3. The molecular weight excluding hydrogens is 204 g/mol. The van der Waals surface area contributed by atoms with E-state index in [1.54, 1.807) is 0 Å². The molecule has 16 heavy (non-hydrogen) atoms. The van der Waals surface area contributed by atoms with Gasteiger partial charge in [-0.3, -0.25) is 9.59 Å². The summed E-state index contributed by atoms with van der Waals surface area (Å²) < 4.78 is 4.89. The van der Waals surface area contributed by atoms with Gasteiger partial charge in [-0.15, -0.1) is 0 Å². The van der Waals surface area contributed by atoms with Gasteiger partial charge in [0.05, 0.1) is 11.8 Å². The lowest BCUT2D eigenvalue weighted by Crippen LogP contribution is -2.97. The largest absolute Gasteiger partial charge is 0.393 e. The van der Waals surface area contributed by atoms with Crippen molar-refractivity contribution in [3.63, 3.8) is 0 Å². The van der Waals surface area contributed by atoms with Crippen LogP contribution in [-0.2, 0) is 14.3 Å². The smallest absolute Gasteiger partial charge is 0.317 e. The van der Waals surface area contributed by atoms with E-state index in [2.05, 4.69) is 6.92 Å². The molecule has 2 bridgehead atoms. The van der Waals surface area contributed by atoms with Crippen LogP contribution in [0.1, 0.15) is 6.92 Å². The number of cyclic esters (lactones) is 2. The van der Waals surface area contributed by atoms with Crippen molar-refractivity contribution in [3.8, 4) is 0 Å². The highest BCUT2D eigenvalue weighted by Gasteiger charge is 2.97. The van der Waals surface area contributed by atoms with Crippen molar-refractivity contribution in [1.82, 2.24) is 0 Å². The Labute approximate surface area is 92.5 Å². The maximum atomic E-state index is 11.8. The molecule has 0 aromatic carbocycles. The number of hydrogen-bond acceptors (Lipinski definition) is 3. The van der Waals surface area contributed by atoms with Crippen LogP contribution in [0.25, 0.3) is 0 Å². The molecule has 3 heteroatoms. The Balaban J connectivity index is 1.58. The summed E-state index contributed by atoms with van der Waals surface area (Å²) in [6.07, 6.45) is 0. The van der Waals surface area contributed by atoms with Gasteiger partial charge in [0.1, 0.15) is 0 Å². The fraction of sp³-hybridized carbons (Fsp3) is 0.846. The van der Waals surface area contributed by atoms with Crippen LogP contribution in [0.2, 0.25) is 0 Å². The molecule has 0 amide bonds. The Bertz CT molecular complexity index is 489. The highest BCUT2D eigenvalue weighted by atomic mass is 16.6. The molecule has 1 saturated heterocycles. The summed E-state index contributed by atoms with van der Waals surface area (Å²) in [4.78, 5) is 23.5. The first-order chi connectivity index (χ1) is 7.67. The highest BCUT2D eigenvalue weighted by Crippen LogP contribution is 2.98. The summed E-state index contributed by atoms with van der Waals surface area (Å²) in [7, 11) is 0. The maximum absolute atomic E-state index is 11.8. The van der Waals surface area contributed by atoms with E-state index >= 15 is 0 Å². The minimum atomic E-state index is -0.195. The van der Waals surface area contributed by atoms with Crippen molar-refractivity contribution in [1.29, 1.82) is 0 Å². The quantitative estimate of drug-likeness (QED) is 0.442. The van der Waals surface area contributed by atoms with E-state index in [0.29, 0.717) is 17.3 Å². The average Bonchev–Trinajstić information content (AvgIpc) is 2.52. The molecule has 4 unspecified atom stereocenters. The molecule has 1 heterocycles. The van der Waals surface area contributed by atoms with Crippen LogP contribution >= 0.6 is 0 Å². The lowest BCUT2D eigenvalue weighted by molar-refractivity contribution is -0.524. The first kappa shape index (κ1) is 7.46. The first-order valence-corrected chi connectivity index (χ1v) is 6.43. The van der Waals surface area contributed by atoms with Gasteiger partial charge in [0, 0.05) is 0 Å². The monoisotopic (exact) mass is 216 g/mol. The lowest BCUT2D eigenvalue weighted by atomic mass is 9.05. The lowest BCUT2D eigenvalue weighted by Gasteiger charge is -2.99. The van der Waals surface area contributed by atoms with Crippen molar-refractivity contribution in [3.05, 3.63) is 0 Å². The van der Waals surface area contributed by atoms with Crippen LogP contribution in [0.4, 0.5) is 0 Å². The second kappa shape index (κ2) is 1.59. The van der Waals surface area contributed by atoms with Gasteiger partial charge in [0.15, 0.2) is 0 Å². The van der Waals surface area contributed by atoms with Gasteiger partial charge in [0.25, 0.3) is 0 Å². The van der Waals surface area contributed by atoms with Crippen LogP contribution < -0.4 is 0 Å². The summed E-state index contributed by atoms with van der Waals surface area (Å²) >= 11 is 0. The Hall–Kier alpha value is -0.860. The topological polar surface area (TPSA) is 43.4 Å². The minimum absolute atomic E-state index is 0.0268. The summed E-state index contributed by atoms with van der Waals surface area (Å²) in [5.41, 5.74) is 0.591. The molecule has 0 radical (unpaired) electrons. The van der Waals surface area contributed by atoms with Gasteiger partial charge >= 0.3 is 11.9 Å². The molecule has 7 fully saturated rings. The predicted molar refractivity (Wildman–Crippen MR) is 50.6 cm³/mol. The van der Waals surface area contributed by atoms with E-state index in [4.69, 9.17) is 4.74 Å². The van der Waals surface area contributed by atoms with Crippen molar-refractivity contribution in [2.24, 2.45) is 58.7 Å². The third kappa shape index (κ3) is 0.362. The zero-order valence-electron chi connectivity index (χ0n) is 8.92. The number of hydrogen-bond donors (Lipinski definition) is 0. The van der Waals surface area contributed by atoms with Crippen LogP contribution in [-0.4, -0.2) is 11.9 Å². The molecule has 7 aliphatic rings. The van der Waals surface area contributed by atoms with Crippen molar-refractivity contribution in [2.75, 3.05) is 0 Å². The Kier molecular flexibility index (Phi) is 0.743. The van der Waals surface area contributed by atoms with Gasteiger partial charge in [-0.25, -0.2) is 0 Å². The first-order valence-electron chi connectivity index (χ1n) is 6.43. The standard InChI is InChI=1S/C13H12O3/c1-13-8-5-2-3-4(12(15)16-11(3)14)7(9(5)13)10(13)6(2)8/h2-10H,1H3/t2?,3-,4-,5-,6+,7?,8?,9+,10+,13?/m1/s1. The van der Waals surface area contributed by atoms with E-state index in [0.717, 1.165) is 29.6 Å². The van der Waals surface area contributed by atoms with E-state index < -0.39 is 0 Å². The normalized spacial score (nSPS) is 78.7. The maximum Gasteiger partial charge on any atom is 0.317 e. The van der Waals surface area contributed by atoms with Crippen LogP contribution in [0.3, 0.4) is 0 Å². The Morgan fingerprint density at radius 3 is 2.00 bits per heavy atom. The van der Waals surface area contributed by atoms with E-state index in [-0.39, 0.29) is 23.8 Å². The number of carbonyl (C=O) groups is 2.